The van der Waals surface area contributed by atoms with Crippen molar-refractivity contribution in [3.63, 3.8) is 0 Å². The zero-order valence-corrected chi connectivity index (χ0v) is 15.5. The number of anilines is 2. The van der Waals surface area contributed by atoms with Crippen LogP contribution in [0.5, 0.6) is 0 Å². The van der Waals surface area contributed by atoms with Gasteiger partial charge in [0.2, 0.25) is 5.95 Å². The normalized spacial score (nSPS) is 16.8. The Morgan fingerprint density at radius 1 is 1.24 bits per heavy atom. The maximum Gasteiger partial charge on any atom is 0.225 e. The Kier molecular flexibility index (Phi) is 4.60. The minimum absolute atomic E-state index is 0.234. The lowest BCUT2D eigenvalue weighted by Crippen LogP contribution is -2.61. The van der Waals surface area contributed by atoms with Crippen LogP contribution in [0.4, 0.5) is 16.0 Å². The molecule has 0 unspecified atom stereocenters. The zero-order valence-electron chi connectivity index (χ0n) is 14.7. The van der Waals surface area contributed by atoms with Crippen molar-refractivity contribution in [2.75, 3.05) is 30.3 Å². The molecule has 0 bridgehead atoms. The largest absolute Gasteiger partial charge is 0.398 e. The Balaban J connectivity index is 1.83. The molecule has 1 aromatic carbocycles. The van der Waals surface area contributed by atoms with E-state index in [1.165, 1.54) is 12.4 Å². The summed E-state index contributed by atoms with van der Waals surface area (Å²) in [5.41, 5.74) is 8.64. The summed E-state index contributed by atoms with van der Waals surface area (Å²) in [5.74, 6) is 0.105. The molecule has 0 radical (unpaired) electrons. The molecule has 0 aliphatic carbocycles. The first kappa shape index (κ1) is 17.5. The highest BCUT2D eigenvalue weighted by atomic mass is 32.1. The van der Waals surface area contributed by atoms with Crippen LogP contribution in [0, 0.1) is 12.7 Å². The summed E-state index contributed by atoms with van der Waals surface area (Å²) >= 11 is 5.78. The molecule has 1 aliphatic rings. The molecular formula is C18H22FN5S. The van der Waals surface area contributed by atoms with Crippen molar-refractivity contribution in [2.45, 2.75) is 26.3 Å². The molecule has 0 atom stereocenters. The van der Waals surface area contributed by atoms with Crippen molar-refractivity contribution in [1.29, 1.82) is 0 Å². The summed E-state index contributed by atoms with van der Waals surface area (Å²) in [5, 5.41) is 0. The van der Waals surface area contributed by atoms with Gasteiger partial charge in [-0.15, -0.1) is 0 Å². The SMILES string of the molecule is Cc1cccc(N)c1C(=S)N1CCN(c2ncc(F)cn2)CC1(C)C. The van der Waals surface area contributed by atoms with E-state index >= 15 is 0 Å². The van der Waals surface area contributed by atoms with Gasteiger partial charge in [-0.3, -0.25) is 0 Å². The van der Waals surface area contributed by atoms with Gasteiger partial charge < -0.3 is 15.5 Å². The lowest BCUT2D eigenvalue weighted by Gasteiger charge is -2.48. The van der Waals surface area contributed by atoms with Crippen molar-refractivity contribution >= 4 is 28.8 Å². The third-order valence-electron chi connectivity index (χ3n) is 4.56. The Hall–Kier alpha value is -2.28. The van der Waals surface area contributed by atoms with Gasteiger partial charge in [0.25, 0.3) is 0 Å². The van der Waals surface area contributed by atoms with Crippen LogP contribution in [-0.4, -0.2) is 45.0 Å². The molecule has 7 heteroatoms. The molecule has 2 heterocycles. The highest BCUT2D eigenvalue weighted by molar-refractivity contribution is 7.80. The number of hydrogen-bond acceptors (Lipinski definition) is 5. The van der Waals surface area contributed by atoms with Gasteiger partial charge in [-0.05, 0) is 32.4 Å². The summed E-state index contributed by atoms with van der Waals surface area (Å²) < 4.78 is 13.1. The first-order chi connectivity index (χ1) is 11.8. The standard InChI is InChI=1S/C18H22FN5S/c1-12-5-4-6-14(20)15(12)16(25)24-8-7-23(11-18(24,2)3)17-21-9-13(19)10-22-17/h4-6,9-10H,7-8,11,20H2,1-3H3. The van der Waals surface area contributed by atoms with E-state index in [0.29, 0.717) is 24.7 Å². The molecule has 0 amide bonds. The van der Waals surface area contributed by atoms with Gasteiger partial charge in [0.15, 0.2) is 5.82 Å². The minimum atomic E-state index is -0.433. The maximum atomic E-state index is 13.1. The summed E-state index contributed by atoms with van der Waals surface area (Å²) in [7, 11) is 0. The van der Waals surface area contributed by atoms with Crippen LogP contribution in [-0.2, 0) is 0 Å². The smallest absolute Gasteiger partial charge is 0.225 e. The van der Waals surface area contributed by atoms with Gasteiger partial charge in [-0.2, -0.15) is 0 Å². The fourth-order valence-electron chi connectivity index (χ4n) is 3.29. The topological polar surface area (TPSA) is 58.3 Å². The number of halogens is 1. The van der Waals surface area contributed by atoms with Gasteiger partial charge in [0.05, 0.1) is 17.9 Å². The number of nitrogens with two attached hydrogens (primary N) is 1. The number of rotatable bonds is 2. The fraction of sp³-hybridized carbons (Fsp3) is 0.389. The number of aryl methyl sites for hydroxylation is 1. The molecule has 0 saturated carbocycles. The van der Waals surface area contributed by atoms with Gasteiger partial charge in [-0.1, -0.05) is 24.4 Å². The third kappa shape index (κ3) is 3.42. The second-order valence-electron chi connectivity index (χ2n) is 6.93. The number of benzene rings is 1. The predicted molar refractivity (Wildman–Crippen MR) is 102 cm³/mol. The summed E-state index contributed by atoms with van der Waals surface area (Å²) in [6.07, 6.45) is 2.39. The highest BCUT2D eigenvalue weighted by Gasteiger charge is 2.37. The van der Waals surface area contributed by atoms with Crippen LogP contribution in [0.25, 0.3) is 0 Å². The Morgan fingerprint density at radius 3 is 2.52 bits per heavy atom. The third-order valence-corrected chi connectivity index (χ3v) is 4.98. The molecule has 3 rings (SSSR count). The van der Waals surface area contributed by atoms with Crippen LogP contribution < -0.4 is 10.6 Å². The molecular weight excluding hydrogens is 337 g/mol. The average Bonchev–Trinajstić information content (AvgIpc) is 2.54. The van der Waals surface area contributed by atoms with E-state index in [1.54, 1.807) is 0 Å². The Labute approximate surface area is 152 Å². The number of hydrogen-bond donors (Lipinski definition) is 1. The van der Waals surface area contributed by atoms with Crippen molar-refractivity contribution in [1.82, 2.24) is 14.9 Å². The molecule has 1 aromatic heterocycles. The van der Waals surface area contributed by atoms with Crippen molar-refractivity contribution < 1.29 is 4.39 Å². The molecule has 2 aromatic rings. The van der Waals surface area contributed by atoms with Crippen LogP contribution in [0.3, 0.4) is 0 Å². The van der Waals surface area contributed by atoms with Crippen molar-refractivity contribution in [3.8, 4) is 0 Å². The molecule has 5 nitrogen and oxygen atoms in total. The van der Waals surface area contributed by atoms with E-state index in [0.717, 1.165) is 22.7 Å². The van der Waals surface area contributed by atoms with Gasteiger partial charge >= 0.3 is 0 Å². The average molecular weight is 359 g/mol. The van der Waals surface area contributed by atoms with Crippen LogP contribution in [0.15, 0.2) is 30.6 Å². The van der Waals surface area contributed by atoms with Crippen LogP contribution in [0.2, 0.25) is 0 Å². The van der Waals surface area contributed by atoms with E-state index in [2.05, 4.69) is 33.6 Å². The first-order valence-corrected chi connectivity index (χ1v) is 8.60. The molecule has 2 N–H and O–H groups in total. The van der Waals surface area contributed by atoms with E-state index in [1.807, 2.05) is 25.1 Å². The van der Waals surface area contributed by atoms with Crippen LogP contribution in [0.1, 0.15) is 25.0 Å². The molecule has 1 aliphatic heterocycles. The van der Waals surface area contributed by atoms with E-state index in [9.17, 15) is 4.39 Å². The predicted octanol–water partition coefficient (Wildman–Crippen LogP) is 2.78. The fourth-order valence-corrected chi connectivity index (χ4v) is 3.91. The molecule has 1 saturated heterocycles. The highest BCUT2D eigenvalue weighted by Crippen LogP contribution is 2.28. The second kappa shape index (κ2) is 6.55. The summed E-state index contributed by atoms with van der Waals surface area (Å²) in [6.45, 7) is 8.40. The molecule has 25 heavy (non-hydrogen) atoms. The second-order valence-corrected chi connectivity index (χ2v) is 7.32. The van der Waals surface area contributed by atoms with Gasteiger partial charge in [-0.25, -0.2) is 14.4 Å². The lowest BCUT2D eigenvalue weighted by molar-refractivity contribution is 0.195. The zero-order chi connectivity index (χ0) is 18.2. The Bertz CT molecular complexity index is 770. The van der Waals surface area contributed by atoms with Crippen LogP contribution >= 0.6 is 12.2 Å². The number of nitrogen functional groups attached to an aromatic ring is 1. The molecule has 1 fully saturated rings. The van der Waals surface area contributed by atoms with Gasteiger partial charge in [0.1, 0.15) is 4.99 Å². The van der Waals surface area contributed by atoms with Crippen molar-refractivity contribution in [2.24, 2.45) is 0 Å². The minimum Gasteiger partial charge on any atom is -0.398 e. The van der Waals surface area contributed by atoms with E-state index in [4.69, 9.17) is 18.0 Å². The first-order valence-electron chi connectivity index (χ1n) is 8.19. The molecule has 132 valence electrons. The van der Waals surface area contributed by atoms with E-state index < -0.39 is 5.82 Å². The maximum absolute atomic E-state index is 13.1. The van der Waals surface area contributed by atoms with Gasteiger partial charge in [0, 0.05) is 30.9 Å². The van der Waals surface area contributed by atoms with Crippen molar-refractivity contribution in [3.05, 3.63) is 47.5 Å². The quantitative estimate of drug-likeness (QED) is 0.657. The molecule has 0 spiro atoms. The number of aromatic nitrogens is 2. The monoisotopic (exact) mass is 359 g/mol. The van der Waals surface area contributed by atoms with E-state index in [-0.39, 0.29) is 5.54 Å². The number of thiocarbonyl (C=S) groups is 1. The number of piperazine rings is 1. The lowest BCUT2D eigenvalue weighted by atomic mass is 9.96. The summed E-state index contributed by atoms with van der Waals surface area (Å²) in [4.78, 5) is 13.2. The Morgan fingerprint density at radius 2 is 1.92 bits per heavy atom. The summed E-state index contributed by atoms with van der Waals surface area (Å²) in [6, 6.07) is 5.84. The number of nitrogens with zero attached hydrogens (tertiary/aromatic N) is 4.